The van der Waals surface area contributed by atoms with Crippen LogP contribution in [-0.2, 0) is 9.53 Å². The van der Waals surface area contributed by atoms with Crippen molar-refractivity contribution in [3.8, 4) is 0 Å². The summed E-state index contributed by atoms with van der Waals surface area (Å²) in [6.07, 6.45) is -5.81. The Kier molecular flexibility index (Phi) is 6.27. The van der Waals surface area contributed by atoms with Crippen LogP contribution >= 0.6 is 12.4 Å². The molecular formula is C8H15ClF3NO2. The molecule has 0 saturated heterocycles. The minimum absolute atomic E-state index is 0. The maximum Gasteiger partial charge on any atom is 0.391 e. The van der Waals surface area contributed by atoms with Gasteiger partial charge in [-0.25, -0.2) is 0 Å². The summed E-state index contributed by atoms with van der Waals surface area (Å²) >= 11 is 0. The Bertz CT molecular complexity index is 213. The second kappa shape index (κ2) is 5.55. The van der Waals surface area contributed by atoms with Gasteiger partial charge in [-0.1, -0.05) is 0 Å². The highest BCUT2D eigenvalue weighted by Crippen LogP contribution is 2.21. The Morgan fingerprint density at radius 2 is 1.73 bits per heavy atom. The van der Waals surface area contributed by atoms with E-state index in [0.717, 1.165) is 0 Å². The Hall–Kier alpha value is -0.490. The number of nitrogens with two attached hydrogens (primary N) is 1. The third kappa shape index (κ3) is 9.81. The van der Waals surface area contributed by atoms with E-state index in [1.807, 2.05) is 0 Å². The maximum absolute atomic E-state index is 11.8. The number of carbonyl (C=O) groups excluding carboxylic acids is 1. The van der Waals surface area contributed by atoms with E-state index in [9.17, 15) is 18.0 Å². The highest BCUT2D eigenvalue weighted by Gasteiger charge is 2.35. The average Bonchev–Trinajstić information content (AvgIpc) is 1.78. The zero-order valence-corrected chi connectivity index (χ0v) is 9.54. The Morgan fingerprint density at radius 1 is 1.33 bits per heavy atom. The molecule has 0 aliphatic heterocycles. The summed E-state index contributed by atoms with van der Waals surface area (Å²) in [5.74, 6) is -1.03. The first kappa shape index (κ1) is 16.9. The van der Waals surface area contributed by atoms with E-state index in [1.165, 1.54) is 0 Å². The molecule has 1 unspecified atom stereocenters. The molecule has 0 saturated carbocycles. The Labute approximate surface area is 92.6 Å². The van der Waals surface area contributed by atoms with Crippen LogP contribution in [0.4, 0.5) is 13.2 Å². The summed E-state index contributed by atoms with van der Waals surface area (Å²) in [5.41, 5.74) is 4.20. The molecular weight excluding hydrogens is 235 g/mol. The zero-order valence-electron chi connectivity index (χ0n) is 8.72. The van der Waals surface area contributed by atoms with Crippen molar-refractivity contribution in [2.45, 2.75) is 45.0 Å². The van der Waals surface area contributed by atoms with Crippen LogP contribution in [0.3, 0.4) is 0 Å². The second-order valence-electron chi connectivity index (χ2n) is 3.96. The van der Waals surface area contributed by atoms with Gasteiger partial charge in [0.15, 0.2) is 0 Å². The van der Waals surface area contributed by atoms with Gasteiger partial charge in [-0.05, 0) is 20.8 Å². The number of halogens is 4. The van der Waals surface area contributed by atoms with Gasteiger partial charge >= 0.3 is 12.1 Å². The number of hydrogen-bond donors (Lipinski definition) is 1. The smallest absolute Gasteiger partial charge is 0.391 e. The van der Waals surface area contributed by atoms with Crippen molar-refractivity contribution in [2.75, 3.05) is 0 Å². The van der Waals surface area contributed by atoms with Gasteiger partial charge in [-0.2, -0.15) is 13.2 Å². The summed E-state index contributed by atoms with van der Waals surface area (Å²) in [6, 6.07) is -1.64. The minimum Gasteiger partial charge on any atom is -0.459 e. The summed E-state index contributed by atoms with van der Waals surface area (Å²) in [6.45, 7) is 4.68. The molecule has 0 aliphatic carbocycles. The lowest BCUT2D eigenvalue weighted by Crippen LogP contribution is -2.40. The molecule has 0 amide bonds. The third-order valence-electron chi connectivity index (χ3n) is 1.16. The van der Waals surface area contributed by atoms with E-state index in [-0.39, 0.29) is 12.4 Å². The van der Waals surface area contributed by atoms with Crippen LogP contribution in [0.1, 0.15) is 27.2 Å². The Balaban J connectivity index is 0. The number of ether oxygens (including phenoxy) is 1. The van der Waals surface area contributed by atoms with Crippen molar-refractivity contribution in [2.24, 2.45) is 5.73 Å². The molecule has 0 fully saturated rings. The molecule has 0 rings (SSSR count). The summed E-state index contributed by atoms with van der Waals surface area (Å²) in [7, 11) is 0. The number of hydrogen-bond acceptors (Lipinski definition) is 3. The van der Waals surface area contributed by atoms with Gasteiger partial charge in [0.1, 0.15) is 11.6 Å². The lowest BCUT2D eigenvalue weighted by molar-refractivity contribution is -0.168. The predicted molar refractivity (Wildman–Crippen MR) is 51.7 cm³/mol. The fourth-order valence-electron chi connectivity index (χ4n) is 0.710. The molecule has 0 aromatic carbocycles. The third-order valence-corrected chi connectivity index (χ3v) is 1.16. The van der Waals surface area contributed by atoms with Crippen molar-refractivity contribution in [3.05, 3.63) is 0 Å². The molecule has 2 N–H and O–H groups in total. The van der Waals surface area contributed by atoms with Crippen LogP contribution in [0.5, 0.6) is 0 Å². The number of rotatable bonds is 2. The van der Waals surface area contributed by atoms with Gasteiger partial charge in [0.05, 0.1) is 6.42 Å². The molecule has 0 bridgehead atoms. The lowest BCUT2D eigenvalue weighted by atomic mass is 10.1. The summed E-state index contributed by atoms with van der Waals surface area (Å²) in [5, 5.41) is 0. The molecule has 3 nitrogen and oxygen atoms in total. The van der Waals surface area contributed by atoms with Gasteiger partial charge in [0, 0.05) is 0 Å². The SMILES string of the molecule is CC(C)(C)OC(=O)C(N)CC(F)(F)F.Cl. The van der Waals surface area contributed by atoms with Gasteiger partial charge < -0.3 is 10.5 Å². The van der Waals surface area contributed by atoms with E-state index in [4.69, 9.17) is 5.73 Å². The quantitative estimate of drug-likeness (QED) is 0.762. The highest BCUT2D eigenvalue weighted by atomic mass is 35.5. The first-order valence-electron chi connectivity index (χ1n) is 4.06. The second-order valence-corrected chi connectivity index (χ2v) is 3.96. The van der Waals surface area contributed by atoms with Crippen LogP contribution < -0.4 is 5.73 Å². The van der Waals surface area contributed by atoms with Crippen LogP contribution in [-0.4, -0.2) is 23.8 Å². The molecule has 0 aromatic heterocycles. The monoisotopic (exact) mass is 249 g/mol. The fourth-order valence-corrected chi connectivity index (χ4v) is 0.710. The van der Waals surface area contributed by atoms with Gasteiger partial charge in [0.25, 0.3) is 0 Å². The minimum atomic E-state index is -4.45. The van der Waals surface area contributed by atoms with Crippen LogP contribution in [0.25, 0.3) is 0 Å². The molecule has 92 valence electrons. The van der Waals surface area contributed by atoms with E-state index in [1.54, 1.807) is 20.8 Å². The summed E-state index contributed by atoms with van der Waals surface area (Å²) in [4.78, 5) is 11.0. The highest BCUT2D eigenvalue weighted by molar-refractivity contribution is 5.85. The molecule has 0 heterocycles. The molecule has 1 atom stereocenters. The van der Waals surface area contributed by atoms with Crippen molar-refractivity contribution in [1.29, 1.82) is 0 Å². The first-order chi connectivity index (χ1) is 6.01. The van der Waals surface area contributed by atoms with Crippen LogP contribution in [0, 0.1) is 0 Å². The molecule has 0 aliphatic rings. The number of alkyl halides is 3. The average molecular weight is 250 g/mol. The predicted octanol–water partition coefficient (Wildman–Crippen LogP) is 2.03. The van der Waals surface area contributed by atoms with Crippen molar-refractivity contribution in [3.63, 3.8) is 0 Å². The topological polar surface area (TPSA) is 52.3 Å². The molecule has 0 radical (unpaired) electrons. The van der Waals surface area contributed by atoms with E-state index >= 15 is 0 Å². The molecule has 0 aromatic rings. The zero-order chi connectivity index (χ0) is 11.6. The Morgan fingerprint density at radius 3 is 2.00 bits per heavy atom. The van der Waals surface area contributed by atoms with E-state index in [0.29, 0.717) is 0 Å². The largest absolute Gasteiger partial charge is 0.459 e. The van der Waals surface area contributed by atoms with E-state index < -0.39 is 30.2 Å². The first-order valence-corrected chi connectivity index (χ1v) is 4.06. The van der Waals surface area contributed by atoms with Gasteiger partial charge in [-0.15, -0.1) is 12.4 Å². The summed E-state index contributed by atoms with van der Waals surface area (Å²) < 4.78 is 40.1. The van der Waals surface area contributed by atoms with Crippen molar-refractivity contribution >= 4 is 18.4 Å². The van der Waals surface area contributed by atoms with Crippen molar-refractivity contribution in [1.82, 2.24) is 0 Å². The maximum atomic E-state index is 11.8. The standard InChI is InChI=1S/C8H14F3NO2.ClH/c1-7(2,3)14-6(13)5(12)4-8(9,10)11;/h5H,4,12H2,1-3H3;1H. The van der Waals surface area contributed by atoms with Crippen LogP contribution in [0.15, 0.2) is 0 Å². The van der Waals surface area contributed by atoms with Crippen molar-refractivity contribution < 1.29 is 22.7 Å². The number of esters is 1. The van der Waals surface area contributed by atoms with Gasteiger partial charge in [-0.3, -0.25) is 4.79 Å². The van der Waals surface area contributed by atoms with Gasteiger partial charge in [0.2, 0.25) is 0 Å². The van der Waals surface area contributed by atoms with E-state index in [2.05, 4.69) is 4.74 Å². The fraction of sp³-hybridized carbons (Fsp3) is 0.875. The lowest BCUT2D eigenvalue weighted by Gasteiger charge is -2.22. The molecule has 0 spiro atoms. The van der Waals surface area contributed by atoms with Crippen LogP contribution in [0.2, 0.25) is 0 Å². The molecule has 7 heteroatoms. The normalized spacial score (nSPS) is 14.1. The molecule has 15 heavy (non-hydrogen) atoms. The number of carbonyl (C=O) groups is 1.